The molecule has 0 aliphatic rings. The van der Waals surface area contributed by atoms with Gasteiger partial charge in [0.05, 0.1) is 5.56 Å². The highest BCUT2D eigenvalue weighted by Gasteiger charge is 2.33. The summed E-state index contributed by atoms with van der Waals surface area (Å²) < 4.78 is 54.4. The second kappa shape index (κ2) is 9.81. The van der Waals surface area contributed by atoms with E-state index in [2.05, 4.69) is 5.16 Å². The number of rotatable bonds is 9. The Morgan fingerprint density at radius 1 is 1.09 bits per heavy atom. The molecule has 0 saturated carbocycles. The van der Waals surface area contributed by atoms with E-state index in [-0.39, 0.29) is 6.61 Å². The third kappa shape index (κ3) is 6.15. The Kier molecular flexibility index (Phi) is 7.10. The van der Waals surface area contributed by atoms with Crippen LogP contribution in [-0.4, -0.2) is 28.4 Å². The average molecular weight is 461 g/mol. The van der Waals surface area contributed by atoms with E-state index in [1.54, 1.807) is 49.4 Å². The van der Waals surface area contributed by atoms with Gasteiger partial charge in [-0.25, -0.2) is 4.79 Å². The van der Waals surface area contributed by atoms with Crippen LogP contribution < -0.4 is 9.47 Å². The van der Waals surface area contributed by atoms with Crippen LogP contribution in [0.15, 0.2) is 65.2 Å². The van der Waals surface area contributed by atoms with Gasteiger partial charge in [-0.05, 0) is 61.9 Å². The lowest BCUT2D eigenvalue weighted by Gasteiger charge is -2.24. The lowest BCUT2D eigenvalue weighted by Crippen LogP contribution is -2.40. The molecule has 0 saturated heterocycles. The van der Waals surface area contributed by atoms with E-state index in [1.165, 1.54) is 19.1 Å². The van der Waals surface area contributed by atoms with Crippen LogP contribution in [0.4, 0.5) is 13.2 Å². The second-order valence-corrected chi connectivity index (χ2v) is 7.37. The van der Waals surface area contributed by atoms with Crippen LogP contribution in [0.5, 0.6) is 11.5 Å². The maximum atomic E-state index is 12.7. The lowest BCUT2D eigenvalue weighted by molar-refractivity contribution is -0.154. The fourth-order valence-corrected chi connectivity index (χ4v) is 2.77. The zero-order chi connectivity index (χ0) is 24.1. The summed E-state index contributed by atoms with van der Waals surface area (Å²) in [6, 6.07) is 12.9. The first-order valence-electron chi connectivity index (χ1n) is 10.1. The van der Waals surface area contributed by atoms with Gasteiger partial charge in [-0.15, -0.1) is 0 Å². The summed E-state index contributed by atoms with van der Waals surface area (Å²) >= 11 is 0. The molecule has 0 radical (unpaired) electrons. The summed E-state index contributed by atoms with van der Waals surface area (Å²) in [7, 11) is 0. The van der Waals surface area contributed by atoms with Crippen molar-refractivity contribution >= 4 is 12.0 Å². The first-order chi connectivity index (χ1) is 15.6. The molecule has 33 heavy (non-hydrogen) atoms. The molecule has 174 valence electrons. The number of benzene rings is 2. The molecule has 1 aromatic heterocycles. The molecule has 0 amide bonds. The van der Waals surface area contributed by atoms with Gasteiger partial charge >= 0.3 is 12.1 Å². The number of alkyl halides is 3. The molecule has 2 aromatic carbocycles. The van der Waals surface area contributed by atoms with Crippen LogP contribution in [0, 0.1) is 0 Å². The van der Waals surface area contributed by atoms with E-state index in [0.29, 0.717) is 34.9 Å². The minimum absolute atomic E-state index is 0.221. The summed E-state index contributed by atoms with van der Waals surface area (Å²) in [5.41, 5.74) is -1.11. The summed E-state index contributed by atoms with van der Waals surface area (Å²) in [6.45, 7) is 3.47. The van der Waals surface area contributed by atoms with E-state index in [9.17, 15) is 23.1 Å². The second-order valence-electron chi connectivity index (χ2n) is 7.37. The summed E-state index contributed by atoms with van der Waals surface area (Å²) in [6.07, 6.45) is -0.747. The molecule has 3 rings (SSSR count). The largest absolute Gasteiger partial charge is 0.490 e. The molecule has 0 spiro atoms. The summed E-state index contributed by atoms with van der Waals surface area (Å²) in [5, 5.41) is 13.2. The minimum Gasteiger partial charge on any atom is -0.490 e. The molecule has 3 aromatic rings. The number of carboxylic acids is 1. The van der Waals surface area contributed by atoms with Crippen LogP contribution in [-0.2, 0) is 11.0 Å². The topological polar surface area (TPSA) is 81.8 Å². The molecular formula is C24H22F3NO5. The Labute approximate surface area is 188 Å². The molecule has 0 fully saturated rings. The highest BCUT2D eigenvalue weighted by molar-refractivity contribution is 5.77. The van der Waals surface area contributed by atoms with Gasteiger partial charge in [-0.1, -0.05) is 24.2 Å². The number of hydrogen-bond donors (Lipinski definition) is 1. The SMILES string of the molecule is CCC(C)(Oc1ccc(OC/C=C/c2cc(-c3ccc(C(F)(F)F)cc3)no2)cc1)C(=O)O. The number of carbonyl (C=O) groups is 1. The molecule has 1 atom stereocenters. The Morgan fingerprint density at radius 2 is 1.73 bits per heavy atom. The molecule has 0 aliphatic carbocycles. The third-order valence-electron chi connectivity index (χ3n) is 4.96. The number of aliphatic carboxylic acids is 1. The monoisotopic (exact) mass is 461 g/mol. The predicted molar refractivity (Wildman–Crippen MR) is 115 cm³/mol. The smallest absolute Gasteiger partial charge is 0.416 e. The molecule has 9 heteroatoms. The van der Waals surface area contributed by atoms with Crippen molar-refractivity contribution in [1.29, 1.82) is 0 Å². The van der Waals surface area contributed by atoms with Crippen molar-refractivity contribution in [3.05, 3.63) is 72.0 Å². The van der Waals surface area contributed by atoms with Crippen molar-refractivity contribution in [2.75, 3.05) is 6.61 Å². The van der Waals surface area contributed by atoms with Crippen LogP contribution in [0.25, 0.3) is 17.3 Å². The normalized spacial score (nSPS) is 13.6. The van der Waals surface area contributed by atoms with Gasteiger partial charge in [0.15, 0.2) is 5.76 Å². The molecule has 1 unspecified atom stereocenters. The van der Waals surface area contributed by atoms with Crippen molar-refractivity contribution < 1.29 is 37.1 Å². The van der Waals surface area contributed by atoms with Crippen molar-refractivity contribution in [1.82, 2.24) is 5.16 Å². The number of halogens is 3. The predicted octanol–water partition coefficient (Wildman–Crippen LogP) is 6.08. The first-order valence-corrected chi connectivity index (χ1v) is 10.1. The molecular weight excluding hydrogens is 439 g/mol. The maximum absolute atomic E-state index is 12.7. The van der Waals surface area contributed by atoms with Crippen LogP contribution in [0.1, 0.15) is 31.6 Å². The van der Waals surface area contributed by atoms with Gasteiger partial charge in [0.1, 0.15) is 23.8 Å². The van der Waals surface area contributed by atoms with E-state index in [4.69, 9.17) is 14.0 Å². The summed E-state index contributed by atoms with van der Waals surface area (Å²) in [5.74, 6) is 0.361. The van der Waals surface area contributed by atoms with Gasteiger partial charge in [0.2, 0.25) is 5.60 Å². The highest BCUT2D eigenvalue weighted by Crippen LogP contribution is 2.31. The number of aromatic nitrogens is 1. The van der Waals surface area contributed by atoms with Gasteiger partial charge < -0.3 is 19.1 Å². The fourth-order valence-electron chi connectivity index (χ4n) is 2.77. The van der Waals surface area contributed by atoms with Crippen LogP contribution in [0.3, 0.4) is 0 Å². The molecule has 1 heterocycles. The van der Waals surface area contributed by atoms with Gasteiger partial charge in [0, 0.05) is 11.6 Å². The van der Waals surface area contributed by atoms with Gasteiger partial charge in [0.25, 0.3) is 0 Å². The van der Waals surface area contributed by atoms with Crippen molar-refractivity contribution in [2.24, 2.45) is 0 Å². The van der Waals surface area contributed by atoms with E-state index in [0.717, 1.165) is 12.1 Å². The van der Waals surface area contributed by atoms with Gasteiger partial charge in [-0.3, -0.25) is 0 Å². The Balaban J connectivity index is 1.53. The first kappa shape index (κ1) is 23.9. The summed E-state index contributed by atoms with van der Waals surface area (Å²) in [4.78, 5) is 11.3. The maximum Gasteiger partial charge on any atom is 0.416 e. The third-order valence-corrected chi connectivity index (χ3v) is 4.96. The quantitative estimate of drug-likeness (QED) is 0.416. The zero-order valence-corrected chi connectivity index (χ0v) is 17.9. The molecule has 1 N–H and O–H groups in total. The molecule has 6 nitrogen and oxygen atoms in total. The standard InChI is InChI=1S/C24H22F3NO5/c1-3-23(2,22(29)30)32-19-12-10-18(11-13-19)31-14-4-5-20-15-21(28-33-20)16-6-8-17(9-7-16)24(25,26)27/h4-13,15H,3,14H2,1-2H3,(H,29,30)/b5-4+. The Morgan fingerprint density at radius 3 is 2.30 bits per heavy atom. The molecule has 0 aliphatic heterocycles. The van der Waals surface area contributed by atoms with E-state index in [1.807, 2.05) is 0 Å². The number of carboxylic acid groups (broad SMARTS) is 1. The van der Waals surface area contributed by atoms with Crippen molar-refractivity contribution in [3.8, 4) is 22.8 Å². The van der Waals surface area contributed by atoms with Crippen molar-refractivity contribution in [3.63, 3.8) is 0 Å². The van der Waals surface area contributed by atoms with Gasteiger partial charge in [-0.2, -0.15) is 13.2 Å². The zero-order valence-electron chi connectivity index (χ0n) is 17.9. The lowest BCUT2D eigenvalue weighted by atomic mass is 10.0. The van der Waals surface area contributed by atoms with E-state index >= 15 is 0 Å². The van der Waals surface area contributed by atoms with Crippen molar-refractivity contribution in [2.45, 2.75) is 32.0 Å². The number of ether oxygens (including phenoxy) is 2. The average Bonchev–Trinajstić information content (AvgIpc) is 3.26. The number of hydrogen-bond acceptors (Lipinski definition) is 5. The Bertz CT molecular complexity index is 1100. The highest BCUT2D eigenvalue weighted by atomic mass is 19.4. The Hall–Kier alpha value is -3.75. The molecule has 0 bridgehead atoms. The van der Waals surface area contributed by atoms with Crippen LogP contribution in [0.2, 0.25) is 0 Å². The fraction of sp³-hybridized carbons (Fsp3) is 0.250. The van der Waals surface area contributed by atoms with E-state index < -0.39 is 23.3 Å². The minimum atomic E-state index is -4.39. The number of nitrogens with zero attached hydrogens (tertiary/aromatic N) is 1. The van der Waals surface area contributed by atoms with Crippen LogP contribution >= 0.6 is 0 Å².